The van der Waals surface area contributed by atoms with Gasteiger partial charge in [-0.1, -0.05) is 203 Å². The summed E-state index contributed by atoms with van der Waals surface area (Å²) in [7, 11) is 0. The predicted octanol–water partition coefficient (Wildman–Crippen LogP) is 21.5. The molecular weight excluding hydrogens is 1190 g/mol. The standard InChI is InChI=1S/C96H83BN2/c1-50(2)65-26-17-27-66(51(3)4)85(65)62-43-83-89-84(44-62)99-82-31-29-59(55-20-11-6-12-21-55)38-75(82)96(63-45-70-67-33-53-34-71-86(70)94(48-53,92(71)96)73(67)47-63)78-40-61(57-24-15-8-16-25-57)42-80(91(78)99)97(89)79-41-60(56-22-13-7-14-23-56)39-77-90(79)98(83)81-30-28-58(54-18-9-5-10-19-54)37-74(81)95(77)64-46-68-69-32-52-35-72(68)93(49-64)76(36-52)88(95)87(69)93/h5-31,37-44,50-53,63-64,68-72,76,86-88,92H,32-36,45-49H2,1-4H3. The molecule has 13 aliphatic carbocycles. The Morgan fingerprint density at radius 2 is 0.939 bits per heavy atom. The lowest BCUT2D eigenvalue weighted by Crippen LogP contribution is -2.74. The van der Waals surface area contributed by atoms with E-state index in [1.807, 2.05) is 11.1 Å². The number of anilines is 6. The van der Waals surface area contributed by atoms with E-state index in [-0.39, 0.29) is 17.5 Å². The molecule has 4 spiro atoms. The van der Waals surface area contributed by atoms with Crippen molar-refractivity contribution in [3.05, 3.63) is 257 Å². The van der Waals surface area contributed by atoms with Crippen molar-refractivity contribution in [1.29, 1.82) is 0 Å². The smallest absolute Gasteiger partial charge is 0.252 e. The van der Waals surface area contributed by atoms with Crippen LogP contribution in [0, 0.1) is 93.7 Å². The number of nitrogens with zero attached hydrogens (tertiary/aromatic N) is 2. The molecule has 4 heterocycles. The lowest BCUT2D eigenvalue weighted by molar-refractivity contribution is -0.254. The highest BCUT2D eigenvalue weighted by atomic mass is 15.2. The minimum Gasteiger partial charge on any atom is -0.311 e. The summed E-state index contributed by atoms with van der Waals surface area (Å²) in [6.45, 7) is 9.78. The molecule has 17 aliphatic rings. The van der Waals surface area contributed by atoms with Crippen LogP contribution in [-0.2, 0) is 10.8 Å². The second-order valence-corrected chi connectivity index (χ2v) is 36.1. The van der Waals surface area contributed by atoms with Gasteiger partial charge in [-0.15, -0.1) is 0 Å². The number of rotatable bonds is 7. The third-order valence-corrected chi connectivity index (χ3v) is 32.8. The van der Waals surface area contributed by atoms with Gasteiger partial charge < -0.3 is 9.80 Å². The molecular formula is C96H83BN2. The highest BCUT2D eigenvalue weighted by Crippen LogP contribution is 2.93. The molecule has 3 heteroatoms. The van der Waals surface area contributed by atoms with Gasteiger partial charge in [0.25, 0.3) is 6.71 Å². The maximum atomic E-state index is 2.99. The zero-order valence-electron chi connectivity index (χ0n) is 57.5. The van der Waals surface area contributed by atoms with E-state index in [1.54, 1.807) is 33.4 Å². The van der Waals surface area contributed by atoms with Crippen molar-refractivity contribution in [2.45, 2.75) is 115 Å². The maximum absolute atomic E-state index is 2.99. The summed E-state index contributed by atoms with van der Waals surface area (Å²) in [5, 5.41) is 0. The molecule has 10 aromatic rings. The molecule has 10 fully saturated rings. The van der Waals surface area contributed by atoms with Gasteiger partial charge in [0.2, 0.25) is 0 Å². The Morgan fingerprint density at radius 3 is 1.54 bits per heavy atom. The molecule has 27 rings (SSSR count). The zero-order chi connectivity index (χ0) is 64.4. The molecule has 10 saturated carbocycles. The van der Waals surface area contributed by atoms with Crippen LogP contribution in [0.4, 0.5) is 34.1 Å². The molecule has 4 aliphatic heterocycles. The highest BCUT2D eigenvalue weighted by molar-refractivity contribution is 7.00. The van der Waals surface area contributed by atoms with Crippen LogP contribution < -0.4 is 26.2 Å². The minimum atomic E-state index is -0.170. The Labute approximate surface area is 584 Å². The average Bonchev–Trinajstić information content (AvgIpc) is 1.50. The first-order valence-electron chi connectivity index (χ1n) is 39.2. The Kier molecular flexibility index (Phi) is 9.81. The molecule has 0 aromatic heterocycles. The van der Waals surface area contributed by atoms with Crippen LogP contribution in [0.1, 0.15) is 137 Å². The molecule has 10 aromatic carbocycles. The quantitative estimate of drug-likeness (QED) is 0.116. The molecule has 0 radical (unpaired) electrons. The third kappa shape index (κ3) is 5.89. The second kappa shape index (κ2) is 17.8. The van der Waals surface area contributed by atoms with Gasteiger partial charge in [0.05, 0.1) is 11.4 Å². The van der Waals surface area contributed by atoms with E-state index >= 15 is 0 Å². The van der Waals surface area contributed by atoms with Crippen molar-refractivity contribution in [3.63, 3.8) is 0 Å². The van der Waals surface area contributed by atoms with Crippen LogP contribution in [0.5, 0.6) is 0 Å². The van der Waals surface area contributed by atoms with E-state index in [2.05, 4.69) is 250 Å². The van der Waals surface area contributed by atoms with Gasteiger partial charge in [-0.05, 0) is 324 Å². The number of benzene rings is 10. The van der Waals surface area contributed by atoms with E-state index in [4.69, 9.17) is 0 Å². The van der Waals surface area contributed by atoms with Crippen LogP contribution in [0.3, 0.4) is 0 Å². The van der Waals surface area contributed by atoms with Crippen molar-refractivity contribution in [1.82, 2.24) is 0 Å². The Bertz CT molecular complexity index is 5370. The van der Waals surface area contributed by atoms with Crippen molar-refractivity contribution in [2.24, 2.45) is 93.7 Å². The Hall–Kier alpha value is -8.40. The molecule has 2 nitrogen and oxygen atoms in total. The third-order valence-electron chi connectivity index (χ3n) is 32.8. The highest BCUT2D eigenvalue weighted by Gasteiger charge is 2.88. The van der Waals surface area contributed by atoms with Crippen LogP contribution in [-0.4, -0.2) is 6.71 Å². The van der Waals surface area contributed by atoms with Crippen molar-refractivity contribution in [2.75, 3.05) is 9.80 Å². The summed E-state index contributed by atoms with van der Waals surface area (Å²) >= 11 is 0. The summed E-state index contributed by atoms with van der Waals surface area (Å²) in [4.78, 5) is 5.97. The fourth-order valence-electron chi connectivity index (χ4n) is 30.9. The molecule has 480 valence electrons. The Morgan fingerprint density at radius 1 is 0.394 bits per heavy atom. The molecule has 99 heavy (non-hydrogen) atoms. The second-order valence-electron chi connectivity index (χ2n) is 36.1. The van der Waals surface area contributed by atoms with Gasteiger partial charge in [0.1, 0.15) is 0 Å². The summed E-state index contributed by atoms with van der Waals surface area (Å²) in [6, 6.07) is 87.2. The monoisotopic (exact) mass is 1270 g/mol. The van der Waals surface area contributed by atoms with Gasteiger partial charge in [0.15, 0.2) is 0 Å². The number of fused-ring (bicyclic) bond motifs is 20. The fraction of sp³-hybridized carbons (Fsp3) is 0.354. The van der Waals surface area contributed by atoms with Crippen molar-refractivity contribution in [3.8, 4) is 55.6 Å². The molecule has 18 atom stereocenters. The summed E-state index contributed by atoms with van der Waals surface area (Å²) in [6.07, 6.45) is 14.1. The largest absolute Gasteiger partial charge is 0.311 e. The van der Waals surface area contributed by atoms with E-state index < -0.39 is 0 Å². The van der Waals surface area contributed by atoms with Crippen LogP contribution in [0.2, 0.25) is 0 Å². The van der Waals surface area contributed by atoms with E-state index in [0.717, 1.165) is 59.2 Å². The SMILES string of the molecule is CC(C)c1cccc(C(C)C)c1-c1cc2c3c(c1)N1c4ccc(-c5ccccc5)cc4C4(c5cc(-c6ccccc6)cc(c51)B3c1cc(-c3ccccc3)cc3c1N2c1ccc(-c2ccccc2)cc1C31C2CC3C5CC6CC3C3(C2)C(C6)C1C53)C1CC2=C3CC5CC6C(C3C1)C2(C5)C64. The molecule has 18 unspecified atom stereocenters. The lowest BCUT2D eigenvalue weighted by Gasteiger charge is -2.77. The van der Waals surface area contributed by atoms with Gasteiger partial charge in [-0.25, -0.2) is 0 Å². The zero-order valence-corrected chi connectivity index (χ0v) is 57.5. The first-order valence-corrected chi connectivity index (χ1v) is 39.2. The first kappa shape index (κ1) is 54.4. The number of hydrogen-bond donors (Lipinski definition) is 0. The van der Waals surface area contributed by atoms with Gasteiger partial charge in [-0.3, -0.25) is 0 Å². The van der Waals surface area contributed by atoms with Crippen molar-refractivity contribution < 1.29 is 0 Å². The molecule has 0 saturated heterocycles. The molecule has 14 bridgehead atoms. The van der Waals surface area contributed by atoms with Gasteiger partial charge in [0, 0.05) is 33.6 Å². The summed E-state index contributed by atoms with van der Waals surface area (Å²) in [5.41, 5.74) is 41.2. The van der Waals surface area contributed by atoms with E-state index in [9.17, 15) is 0 Å². The van der Waals surface area contributed by atoms with E-state index in [1.165, 1.54) is 170 Å². The predicted molar refractivity (Wildman–Crippen MR) is 404 cm³/mol. The first-order chi connectivity index (χ1) is 48.7. The van der Waals surface area contributed by atoms with Gasteiger partial charge in [-0.2, -0.15) is 0 Å². The average molecular weight is 1280 g/mol. The Balaban J connectivity index is 0.838. The molecule has 0 N–H and O–H groups in total. The number of hydrogen-bond acceptors (Lipinski definition) is 2. The van der Waals surface area contributed by atoms with Crippen LogP contribution in [0.15, 0.2) is 223 Å². The van der Waals surface area contributed by atoms with Crippen LogP contribution >= 0.6 is 0 Å². The lowest BCUT2D eigenvalue weighted by atomic mass is 9.26. The topological polar surface area (TPSA) is 6.48 Å². The van der Waals surface area contributed by atoms with Crippen molar-refractivity contribution >= 4 is 57.2 Å². The molecule has 0 amide bonds. The van der Waals surface area contributed by atoms with Gasteiger partial charge >= 0.3 is 0 Å². The fourth-order valence-corrected chi connectivity index (χ4v) is 30.9. The summed E-state index contributed by atoms with van der Waals surface area (Å²) in [5.74, 6) is 11.4. The number of allylic oxidation sites excluding steroid dienone is 2. The normalized spacial score (nSPS) is 35.3. The summed E-state index contributed by atoms with van der Waals surface area (Å²) < 4.78 is 0. The maximum Gasteiger partial charge on any atom is 0.252 e. The van der Waals surface area contributed by atoms with Crippen LogP contribution in [0.25, 0.3) is 55.6 Å². The van der Waals surface area contributed by atoms with E-state index in [0.29, 0.717) is 46.3 Å². The minimum absolute atomic E-state index is 0.0302.